The topological polar surface area (TPSA) is 100 Å². The van der Waals surface area contributed by atoms with Crippen LogP contribution in [0.1, 0.15) is 12.5 Å². The summed E-state index contributed by atoms with van der Waals surface area (Å²) in [6, 6.07) is 9.73. The SMILES string of the molecule is COc1ncc(N2CCOCC2)cc1S(=O)(=O)Nc1ccnc(-c2ccc(CN3CCN(C(C)I)CC3)cc2F)c1. The molecule has 1 unspecified atom stereocenters. The minimum atomic E-state index is -4.09. The highest BCUT2D eigenvalue weighted by Gasteiger charge is 2.25. The van der Waals surface area contributed by atoms with E-state index in [4.69, 9.17) is 9.47 Å². The Hall–Kier alpha value is -2.59. The summed E-state index contributed by atoms with van der Waals surface area (Å²) < 4.78 is 55.9. The second-order valence-electron chi connectivity index (χ2n) is 10.0. The molecule has 3 aromatic rings. The van der Waals surface area contributed by atoms with Gasteiger partial charge in [-0.15, -0.1) is 0 Å². The number of nitrogens with zero attached hydrogens (tertiary/aromatic N) is 5. The molecule has 0 bridgehead atoms. The molecule has 10 nitrogen and oxygen atoms in total. The highest BCUT2D eigenvalue weighted by atomic mass is 127. The Morgan fingerprint density at radius 3 is 2.51 bits per heavy atom. The molecule has 2 fully saturated rings. The molecule has 0 aliphatic carbocycles. The van der Waals surface area contributed by atoms with Crippen molar-refractivity contribution < 1.29 is 22.3 Å². The molecule has 0 radical (unpaired) electrons. The van der Waals surface area contributed by atoms with Crippen molar-refractivity contribution >= 4 is 44.0 Å². The molecule has 0 spiro atoms. The summed E-state index contributed by atoms with van der Waals surface area (Å²) in [5.41, 5.74) is 2.42. The molecule has 1 atom stereocenters. The Bertz CT molecular complexity index is 1460. The van der Waals surface area contributed by atoms with E-state index in [0.717, 1.165) is 31.7 Å². The van der Waals surface area contributed by atoms with Gasteiger partial charge in [-0.05, 0) is 42.8 Å². The lowest BCUT2D eigenvalue weighted by Crippen LogP contribution is -2.47. The van der Waals surface area contributed by atoms with Crippen LogP contribution in [0.5, 0.6) is 5.88 Å². The molecule has 2 saturated heterocycles. The third-order valence-electron chi connectivity index (χ3n) is 7.30. The van der Waals surface area contributed by atoms with Crippen LogP contribution in [0.3, 0.4) is 0 Å². The van der Waals surface area contributed by atoms with E-state index in [1.54, 1.807) is 18.3 Å². The molecule has 2 aliphatic rings. The van der Waals surface area contributed by atoms with Crippen molar-refractivity contribution in [2.24, 2.45) is 0 Å². The van der Waals surface area contributed by atoms with Crippen molar-refractivity contribution in [3.05, 3.63) is 60.2 Å². The fraction of sp³-hybridized carbons (Fsp3) is 0.429. The lowest BCUT2D eigenvalue weighted by molar-refractivity contribution is 0.122. The lowest BCUT2D eigenvalue weighted by atomic mass is 10.1. The monoisotopic (exact) mass is 696 g/mol. The first-order valence-electron chi connectivity index (χ1n) is 13.5. The van der Waals surface area contributed by atoms with Crippen LogP contribution < -0.4 is 14.4 Å². The number of benzene rings is 1. The van der Waals surface area contributed by atoms with Gasteiger partial charge >= 0.3 is 0 Å². The summed E-state index contributed by atoms with van der Waals surface area (Å²) in [6.07, 6.45) is 3.04. The van der Waals surface area contributed by atoms with Crippen molar-refractivity contribution in [2.75, 3.05) is 69.2 Å². The number of methoxy groups -OCH3 is 1. The number of nitrogens with one attached hydrogen (secondary N) is 1. The number of rotatable bonds is 9. The van der Waals surface area contributed by atoms with E-state index in [9.17, 15) is 8.42 Å². The van der Waals surface area contributed by atoms with Gasteiger partial charge in [0.1, 0.15) is 5.82 Å². The molecule has 0 amide bonds. The molecule has 0 saturated carbocycles. The van der Waals surface area contributed by atoms with Gasteiger partial charge in [-0.3, -0.25) is 19.5 Å². The minimum absolute atomic E-state index is 0.0179. The Kier molecular flexibility index (Phi) is 9.59. The largest absolute Gasteiger partial charge is 0.480 e. The van der Waals surface area contributed by atoms with E-state index in [1.807, 2.05) is 11.0 Å². The predicted octanol–water partition coefficient (Wildman–Crippen LogP) is 3.83. The predicted molar refractivity (Wildman–Crippen MR) is 165 cm³/mol. The van der Waals surface area contributed by atoms with Gasteiger partial charge in [-0.25, -0.2) is 17.8 Å². The maximum Gasteiger partial charge on any atom is 0.267 e. The summed E-state index contributed by atoms with van der Waals surface area (Å²) in [5, 5.41) is 0. The number of anilines is 2. The van der Waals surface area contributed by atoms with Crippen LogP contribution in [-0.2, 0) is 21.3 Å². The molecule has 5 rings (SSSR count). The fourth-order valence-electron chi connectivity index (χ4n) is 5.01. The van der Waals surface area contributed by atoms with Crippen LogP contribution in [0.25, 0.3) is 11.3 Å². The quantitative estimate of drug-likeness (QED) is 0.204. The molecule has 220 valence electrons. The van der Waals surface area contributed by atoms with Crippen molar-refractivity contribution in [2.45, 2.75) is 22.4 Å². The summed E-state index contributed by atoms with van der Waals surface area (Å²) in [5.74, 6) is -0.422. The minimum Gasteiger partial charge on any atom is -0.480 e. The van der Waals surface area contributed by atoms with Crippen molar-refractivity contribution in [3.63, 3.8) is 0 Å². The number of sulfonamides is 1. The Morgan fingerprint density at radius 2 is 1.83 bits per heavy atom. The summed E-state index contributed by atoms with van der Waals surface area (Å²) >= 11 is 2.43. The fourth-order valence-corrected chi connectivity index (χ4v) is 6.76. The van der Waals surface area contributed by atoms with Gasteiger partial charge in [-0.2, -0.15) is 0 Å². The van der Waals surface area contributed by atoms with Gasteiger partial charge < -0.3 is 14.4 Å². The summed E-state index contributed by atoms with van der Waals surface area (Å²) in [6.45, 7) is 9.11. The number of hydrogen-bond acceptors (Lipinski definition) is 9. The molecule has 1 N–H and O–H groups in total. The number of aromatic nitrogens is 2. The average molecular weight is 697 g/mol. The van der Waals surface area contributed by atoms with Crippen LogP contribution in [0.15, 0.2) is 53.7 Å². The smallest absolute Gasteiger partial charge is 0.267 e. The highest BCUT2D eigenvalue weighted by Crippen LogP contribution is 2.30. The Balaban J connectivity index is 1.31. The molecule has 2 aromatic heterocycles. The Labute approximate surface area is 254 Å². The summed E-state index contributed by atoms with van der Waals surface area (Å²) in [7, 11) is -2.71. The van der Waals surface area contributed by atoms with Crippen LogP contribution in [-0.4, -0.2) is 91.8 Å². The van der Waals surface area contributed by atoms with Crippen LogP contribution in [0, 0.1) is 5.82 Å². The molecule has 41 heavy (non-hydrogen) atoms. The van der Waals surface area contributed by atoms with E-state index in [2.05, 4.69) is 54.0 Å². The normalized spacial score (nSPS) is 17.8. The van der Waals surface area contributed by atoms with Crippen molar-refractivity contribution in [1.29, 1.82) is 0 Å². The molecule has 2 aliphatic heterocycles. The molecular weight excluding hydrogens is 662 g/mol. The third-order valence-corrected chi connectivity index (χ3v) is 9.46. The number of alkyl halides is 1. The third kappa shape index (κ3) is 7.25. The van der Waals surface area contributed by atoms with E-state index in [0.29, 0.717) is 53.8 Å². The molecule has 4 heterocycles. The van der Waals surface area contributed by atoms with Gasteiger partial charge in [0.2, 0.25) is 5.88 Å². The summed E-state index contributed by atoms with van der Waals surface area (Å²) in [4.78, 5) is 15.2. The second-order valence-corrected chi connectivity index (χ2v) is 13.5. The first kappa shape index (κ1) is 29.9. The van der Waals surface area contributed by atoms with Crippen molar-refractivity contribution in [1.82, 2.24) is 19.8 Å². The van der Waals surface area contributed by atoms with Crippen LogP contribution in [0.2, 0.25) is 0 Å². The number of hydrogen-bond donors (Lipinski definition) is 1. The van der Waals surface area contributed by atoms with E-state index < -0.39 is 15.8 Å². The maximum absolute atomic E-state index is 15.3. The van der Waals surface area contributed by atoms with Crippen molar-refractivity contribution in [3.8, 4) is 17.1 Å². The highest BCUT2D eigenvalue weighted by molar-refractivity contribution is 14.1. The van der Waals surface area contributed by atoms with E-state index >= 15 is 4.39 Å². The number of morpholine rings is 1. The zero-order valence-corrected chi connectivity index (χ0v) is 26.1. The maximum atomic E-state index is 15.3. The zero-order valence-electron chi connectivity index (χ0n) is 23.1. The molecular formula is C28H34FIN6O4S. The molecule has 1 aromatic carbocycles. The number of halogens is 2. The van der Waals surface area contributed by atoms with Crippen LogP contribution >= 0.6 is 22.6 Å². The van der Waals surface area contributed by atoms with Crippen LogP contribution in [0.4, 0.5) is 15.8 Å². The first-order chi connectivity index (χ1) is 19.7. The lowest BCUT2D eigenvalue weighted by Gasteiger charge is -2.36. The number of piperazine rings is 1. The van der Waals surface area contributed by atoms with Gasteiger partial charge in [0.15, 0.2) is 4.90 Å². The van der Waals surface area contributed by atoms with Gasteiger partial charge in [0.05, 0.1) is 47.6 Å². The second kappa shape index (κ2) is 13.2. The number of pyridine rings is 2. The Morgan fingerprint density at radius 1 is 1.07 bits per heavy atom. The standard InChI is InChI=1S/C28H34FIN6O4S/c1-20(30)35-9-7-34(8-10-35)19-21-3-4-24(25(29)15-21)26-16-22(5-6-31-26)33-41(37,38)27-17-23(18-32-28(27)39-2)36-11-13-40-14-12-36/h3-6,15-18,20H,7-14,19H2,1-2H3,(H,31,33). The zero-order chi connectivity index (χ0) is 29.0. The van der Waals surface area contributed by atoms with E-state index in [1.165, 1.54) is 31.5 Å². The first-order valence-corrected chi connectivity index (χ1v) is 16.2. The van der Waals surface area contributed by atoms with Gasteiger partial charge in [0.25, 0.3) is 10.0 Å². The van der Waals surface area contributed by atoms with E-state index in [-0.39, 0.29) is 16.5 Å². The number of ether oxygens (including phenoxy) is 2. The molecule has 13 heteroatoms. The van der Waals surface area contributed by atoms with Gasteiger partial charge in [0, 0.05) is 57.6 Å². The average Bonchev–Trinajstić information content (AvgIpc) is 2.97. The van der Waals surface area contributed by atoms with Gasteiger partial charge in [-0.1, -0.05) is 28.7 Å².